The fourth-order valence-corrected chi connectivity index (χ4v) is 2.54. The molecule has 0 amide bonds. The van der Waals surface area contributed by atoms with E-state index in [9.17, 15) is 4.79 Å². The number of hydrogen-bond donors (Lipinski definition) is 3. The molecule has 0 aliphatic carbocycles. The maximum Gasteiger partial charge on any atom is 0.335 e. The third kappa shape index (κ3) is 5.18. The van der Waals surface area contributed by atoms with Gasteiger partial charge >= 0.3 is 5.97 Å². The summed E-state index contributed by atoms with van der Waals surface area (Å²) in [4.78, 5) is 19.7. The molecule has 0 fully saturated rings. The number of aromatic nitrogens is 2. The Kier molecular flexibility index (Phi) is 5.84. The number of nitrogens with zero attached hydrogens (tertiary/aromatic N) is 2. The highest BCUT2D eigenvalue weighted by atomic mass is 16.5. The van der Waals surface area contributed by atoms with Crippen molar-refractivity contribution >= 4 is 23.4 Å². The van der Waals surface area contributed by atoms with Crippen LogP contribution in [-0.4, -0.2) is 34.7 Å². The van der Waals surface area contributed by atoms with Gasteiger partial charge in [0, 0.05) is 18.4 Å². The van der Waals surface area contributed by atoms with Crippen LogP contribution in [0.15, 0.2) is 60.8 Å². The summed E-state index contributed by atoms with van der Waals surface area (Å²) in [5, 5.41) is 15.4. The summed E-state index contributed by atoms with van der Waals surface area (Å²) in [5.41, 5.74) is 2.02. The molecule has 27 heavy (non-hydrogen) atoms. The fraction of sp³-hybridized carbons (Fsp3) is 0.150. The molecule has 0 spiro atoms. The van der Waals surface area contributed by atoms with E-state index < -0.39 is 5.97 Å². The quantitative estimate of drug-likeness (QED) is 0.562. The van der Waals surface area contributed by atoms with Crippen LogP contribution in [-0.2, 0) is 6.42 Å². The molecule has 0 radical (unpaired) electrons. The lowest BCUT2D eigenvalue weighted by atomic mass is 10.1. The number of aromatic carboxylic acids is 1. The standard InChI is InChI=1S/C20H20N4O3/c1-27-17-7-2-4-14(12-17)8-10-21-20-22-11-9-18(24-20)23-16-6-3-5-15(13-16)19(25)26/h2-7,9,11-13H,8,10H2,1H3,(H,25,26)(H2,21,22,23,24). The molecule has 2 aromatic carbocycles. The molecule has 0 unspecified atom stereocenters. The Morgan fingerprint density at radius 2 is 2.00 bits per heavy atom. The lowest BCUT2D eigenvalue weighted by molar-refractivity contribution is 0.0697. The van der Waals surface area contributed by atoms with Crippen molar-refractivity contribution in [3.63, 3.8) is 0 Å². The minimum atomic E-state index is -0.971. The van der Waals surface area contributed by atoms with Gasteiger partial charge in [0.25, 0.3) is 0 Å². The van der Waals surface area contributed by atoms with E-state index in [1.54, 1.807) is 43.6 Å². The molecule has 3 N–H and O–H groups in total. The van der Waals surface area contributed by atoms with E-state index in [4.69, 9.17) is 9.84 Å². The summed E-state index contributed by atoms with van der Waals surface area (Å²) >= 11 is 0. The van der Waals surface area contributed by atoms with Gasteiger partial charge in [-0.1, -0.05) is 18.2 Å². The lowest BCUT2D eigenvalue weighted by Gasteiger charge is -2.09. The summed E-state index contributed by atoms with van der Waals surface area (Å²) in [6.45, 7) is 0.672. The molecular weight excluding hydrogens is 344 g/mol. The van der Waals surface area contributed by atoms with Gasteiger partial charge in [-0.25, -0.2) is 9.78 Å². The second-order valence-electron chi connectivity index (χ2n) is 5.80. The number of methoxy groups -OCH3 is 1. The van der Waals surface area contributed by atoms with Crippen molar-refractivity contribution in [3.8, 4) is 5.75 Å². The van der Waals surface area contributed by atoms with Crippen LogP contribution >= 0.6 is 0 Å². The van der Waals surface area contributed by atoms with E-state index in [0.29, 0.717) is 24.0 Å². The first-order chi connectivity index (χ1) is 13.1. The van der Waals surface area contributed by atoms with Gasteiger partial charge in [0.15, 0.2) is 0 Å². The number of carboxylic acid groups (broad SMARTS) is 1. The number of rotatable bonds is 8. The van der Waals surface area contributed by atoms with E-state index in [2.05, 4.69) is 20.6 Å². The molecule has 7 heteroatoms. The lowest BCUT2D eigenvalue weighted by Crippen LogP contribution is -2.08. The average Bonchev–Trinajstić information content (AvgIpc) is 2.69. The number of anilines is 3. The first-order valence-corrected chi connectivity index (χ1v) is 8.44. The molecule has 0 bridgehead atoms. The van der Waals surface area contributed by atoms with E-state index in [1.165, 1.54) is 0 Å². The summed E-state index contributed by atoms with van der Waals surface area (Å²) < 4.78 is 5.22. The third-order valence-electron chi connectivity index (χ3n) is 3.87. The average molecular weight is 364 g/mol. The third-order valence-corrected chi connectivity index (χ3v) is 3.87. The second kappa shape index (κ2) is 8.66. The smallest absolute Gasteiger partial charge is 0.335 e. The minimum Gasteiger partial charge on any atom is -0.497 e. The normalized spacial score (nSPS) is 10.3. The summed E-state index contributed by atoms with van der Waals surface area (Å²) in [6.07, 6.45) is 2.45. The Labute approximate surface area is 157 Å². The Bertz CT molecular complexity index is 930. The number of ether oxygens (including phenoxy) is 1. The molecule has 0 saturated heterocycles. The highest BCUT2D eigenvalue weighted by molar-refractivity contribution is 5.89. The fourth-order valence-electron chi connectivity index (χ4n) is 2.54. The zero-order valence-corrected chi connectivity index (χ0v) is 14.8. The predicted octanol–water partition coefficient (Wildman–Crippen LogP) is 3.58. The van der Waals surface area contributed by atoms with Crippen molar-refractivity contribution in [2.24, 2.45) is 0 Å². The highest BCUT2D eigenvalue weighted by Crippen LogP contribution is 2.17. The van der Waals surface area contributed by atoms with Crippen molar-refractivity contribution in [3.05, 3.63) is 71.9 Å². The van der Waals surface area contributed by atoms with E-state index >= 15 is 0 Å². The van der Waals surface area contributed by atoms with Gasteiger partial charge in [0.05, 0.1) is 12.7 Å². The van der Waals surface area contributed by atoms with Crippen LogP contribution in [0.4, 0.5) is 17.5 Å². The predicted molar refractivity (Wildman–Crippen MR) is 104 cm³/mol. The van der Waals surface area contributed by atoms with Crippen LogP contribution < -0.4 is 15.4 Å². The van der Waals surface area contributed by atoms with Crippen molar-refractivity contribution in [2.45, 2.75) is 6.42 Å². The molecule has 3 aromatic rings. The van der Waals surface area contributed by atoms with Gasteiger partial charge in [-0.3, -0.25) is 0 Å². The zero-order valence-electron chi connectivity index (χ0n) is 14.8. The van der Waals surface area contributed by atoms with Crippen LogP contribution in [0.1, 0.15) is 15.9 Å². The highest BCUT2D eigenvalue weighted by Gasteiger charge is 2.05. The Balaban J connectivity index is 1.60. The van der Waals surface area contributed by atoms with Crippen LogP contribution in [0.3, 0.4) is 0 Å². The van der Waals surface area contributed by atoms with Crippen molar-refractivity contribution < 1.29 is 14.6 Å². The first kappa shape index (κ1) is 18.2. The molecule has 3 rings (SSSR count). The number of carboxylic acids is 1. The van der Waals surface area contributed by atoms with Gasteiger partial charge < -0.3 is 20.5 Å². The molecule has 0 aliphatic heterocycles. The minimum absolute atomic E-state index is 0.214. The van der Waals surface area contributed by atoms with Gasteiger partial charge in [-0.05, 0) is 48.4 Å². The van der Waals surface area contributed by atoms with Crippen LogP contribution in [0.2, 0.25) is 0 Å². The monoisotopic (exact) mass is 364 g/mol. The SMILES string of the molecule is COc1cccc(CCNc2nccc(Nc3cccc(C(=O)O)c3)n2)c1. The number of carbonyl (C=O) groups is 1. The zero-order chi connectivity index (χ0) is 19.1. The Morgan fingerprint density at radius 1 is 1.15 bits per heavy atom. The molecule has 7 nitrogen and oxygen atoms in total. The number of benzene rings is 2. The summed E-state index contributed by atoms with van der Waals surface area (Å²) in [7, 11) is 1.65. The van der Waals surface area contributed by atoms with Crippen molar-refractivity contribution in [1.29, 1.82) is 0 Å². The number of hydrogen-bond acceptors (Lipinski definition) is 6. The molecular formula is C20H20N4O3. The largest absolute Gasteiger partial charge is 0.497 e. The van der Waals surface area contributed by atoms with E-state index in [0.717, 1.165) is 17.7 Å². The molecule has 138 valence electrons. The molecule has 1 aromatic heterocycles. The van der Waals surface area contributed by atoms with Crippen LogP contribution in [0.5, 0.6) is 5.75 Å². The van der Waals surface area contributed by atoms with Gasteiger partial charge in [-0.2, -0.15) is 4.98 Å². The Hall–Kier alpha value is -3.61. The van der Waals surface area contributed by atoms with E-state index in [1.807, 2.05) is 24.3 Å². The van der Waals surface area contributed by atoms with Gasteiger partial charge in [0.2, 0.25) is 5.95 Å². The van der Waals surface area contributed by atoms with Gasteiger partial charge in [0.1, 0.15) is 11.6 Å². The Morgan fingerprint density at radius 3 is 2.81 bits per heavy atom. The van der Waals surface area contributed by atoms with Crippen LogP contribution in [0.25, 0.3) is 0 Å². The second-order valence-corrected chi connectivity index (χ2v) is 5.80. The van der Waals surface area contributed by atoms with E-state index in [-0.39, 0.29) is 5.56 Å². The van der Waals surface area contributed by atoms with Gasteiger partial charge in [-0.15, -0.1) is 0 Å². The van der Waals surface area contributed by atoms with Crippen molar-refractivity contribution in [2.75, 3.05) is 24.3 Å². The molecule has 0 aliphatic rings. The topological polar surface area (TPSA) is 96.4 Å². The summed E-state index contributed by atoms with van der Waals surface area (Å²) in [5.74, 6) is 0.938. The maximum atomic E-state index is 11.1. The first-order valence-electron chi connectivity index (χ1n) is 8.44. The number of nitrogens with one attached hydrogen (secondary N) is 2. The maximum absolute atomic E-state index is 11.1. The molecule has 0 atom stereocenters. The summed E-state index contributed by atoms with van der Waals surface area (Å²) in [6, 6.07) is 16.2. The molecule has 1 heterocycles. The van der Waals surface area contributed by atoms with Crippen molar-refractivity contribution in [1.82, 2.24) is 9.97 Å². The van der Waals surface area contributed by atoms with Crippen LogP contribution in [0, 0.1) is 0 Å². The molecule has 0 saturated carbocycles.